The number of ether oxygens (including phenoxy) is 1. The molecule has 0 fully saturated rings. The van der Waals surface area contributed by atoms with E-state index in [9.17, 15) is 4.79 Å². The molecule has 0 unspecified atom stereocenters. The summed E-state index contributed by atoms with van der Waals surface area (Å²) in [5.41, 5.74) is 9.05. The minimum absolute atomic E-state index is 0.140. The average Bonchev–Trinajstić information content (AvgIpc) is 2.27. The molecule has 1 aromatic rings. The van der Waals surface area contributed by atoms with Crippen molar-refractivity contribution in [2.24, 2.45) is 0 Å². The summed E-state index contributed by atoms with van der Waals surface area (Å²) in [4.78, 5) is 13.3. The number of carbonyl (C=O) groups is 1. The Labute approximate surface area is 101 Å². The summed E-state index contributed by atoms with van der Waals surface area (Å²) in [6, 6.07) is 7.70. The molecule has 1 rings (SSSR count). The first-order chi connectivity index (χ1) is 7.72. The van der Waals surface area contributed by atoms with Gasteiger partial charge in [-0.3, -0.25) is 0 Å². The molecule has 0 atom stereocenters. The van der Waals surface area contributed by atoms with Gasteiger partial charge in [0.05, 0.1) is 0 Å². The van der Waals surface area contributed by atoms with E-state index in [0.29, 0.717) is 6.21 Å². The second kappa shape index (κ2) is 6.71. The predicted octanol–water partition coefficient (Wildman–Crippen LogP) is 2.31. The van der Waals surface area contributed by atoms with Crippen LogP contribution in [0.2, 0.25) is 0 Å². The van der Waals surface area contributed by atoms with Crippen molar-refractivity contribution >= 4 is 34.2 Å². The molecule has 5 heteroatoms. The highest BCUT2D eigenvalue weighted by Crippen LogP contribution is 2.11. The third-order valence-electron chi connectivity index (χ3n) is 1.67. The zero-order valence-corrected chi connectivity index (χ0v) is 9.92. The van der Waals surface area contributed by atoms with Crippen LogP contribution >= 0.6 is 15.9 Å². The van der Waals surface area contributed by atoms with Crippen LogP contribution in [0.25, 0.3) is 11.6 Å². The van der Waals surface area contributed by atoms with Gasteiger partial charge in [0.1, 0.15) is 6.61 Å². The first-order valence-electron chi connectivity index (χ1n) is 4.48. The minimum Gasteiger partial charge on any atom is -0.453 e. The number of hydrogen-bond acceptors (Lipinski definition) is 2. The highest BCUT2D eigenvalue weighted by atomic mass is 79.9. The molecule has 0 aromatic heterocycles. The molecule has 0 saturated carbocycles. The molecule has 16 heavy (non-hydrogen) atoms. The number of hydrogen-bond donors (Lipinski definition) is 0. The van der Waals surface area contributed by atoms with E-state index in [-0.39, 0.29) is 6.61 Å². The maximum atomic E-state index is 10.7. The van der Waals surface area contributed by atoms with Crippen LogP contribution in [0.15, 0.2) is 34.8 Å². The third-order valence-corrected chi connectivity index (χ3v) is 2.19. The molecule has 0 aliphatic heterocycles. The molecule has 0 heterocycles. The molecule has 0 bridgehead atoms. The normalized spacial score (nSPS) is 9.81. The van der Waals surface area contributed by atoms with Crippen molar-refractivity contribution in [3.63, 3.8) is 0 Å². The predicted molar refractivity (Wildman–Crippen MR) is 63.8 cm³/mol. The lowest BCUT2D eigenvalue weighted by Gasteiger charge is -1.94. The van der Waals surface area contributed by atoms with E-state index in [0.717, 1.165) is 10.0 Å². The number of nitrogens with zero attached hydrogens (tertiary/aromatic N) is 2. The highest BCUT2D eigenvalue weighted by Gasteiger charge is 1.99. The number of esters is 1. The molecule has 0 amide bonds. The molecule has 0 aliphatic carbocycles. The van der Waals surface area contributed by atoms with Gasteiger partial charge in [0.25, 0.3) is 0 Å². The monoisotopic (exact) mass is 280 g/mol. The minimum atomic E-state index is -0.678. The Morgan fingerprint density at radius 3 is 2.75 bits per heavy atom. The van der Waals surface area contributed by atoms with Crippen molar-refractivity contribution in [2.45, 2.75) is 0 Å². The van der Waals surface area contributed by atoms with Gasteiger partial charge >= 0.3 is 12.2 Å². The van der Waals surface area contributed by atoms with E-state index in [2.05, 4.69) is 25.5 Å². The molecule has 1 aromatic carbocycles. The number of benzene rings is 1. The third kappa shape index (κ3) is 4.68. The summed E-state index contributed by atoms with van der Waals surface area (Å²) in [5.74, 6) is -0.678. The van der Waals surface area contributed by atoms with Crippen molar-refractivity contribution < 1.29 is 14.3 Å². The average molecular weight is 281 g/mol. The van der Waals surface area contributed by atoms with Gasteiger partial charge < -0.3 is 10.3 Å². The van der Waals surface area contributed by atoms with Crippen molar-refractivity contribution in [3.8, 4) is 0 Å². The number of carbonyl (C=O) groups excluding carboxylic acids is 1. The lowest BCUT2D eigenvalue weighted by atomic mass is 10.2. The van der Waals surface area contributed by atoms with Crippen LogP contribution in [0.5, 0.6) is 0 Å². The molecule has 0 radical (unpaired) electrons. The Morgan fingerprint density at radius 2 is 2.12 bits per heavy atom. The van der Waals surface area contributed by atoms with E-state index in [4.69, 9.17) is 5.53 Å². The fraction of sp³-hybridized carbons (Fsp3) is 0.0909. The van der Waals surface area contributed by atoms with Crippen LogP contribution in [-0.2, 0) is 9.53 Å². The molecular formula is C11H9BrN2O2. The van der Waals surface area contributed by atoms with Crippen LogP contribution in [0.4, 0.5) is 0 Å². The maximum absolute atomic E-state index is 10.7. The van der Waals surface area contributed by atoms with Gasteiger partial charge in [-0.05, 0) is 23.8 Å². The van der Waals surface area contributed by atoms with Gasteiger partial charge in [-0.1, -0.05) is 34.1 Å². The summed E-state index contributed by atoms with van der Waals surface area (Å²) in [5, 5.41) is 0. The van der Waals surface area contributed by atoms with Gasteiger partial charge in [0, 0.05) is 4.47 Å². The van der Waals surface area contributed by atoms with Crippen LogP contribution in [0, 0.1) is 0 Å². The Kier molecular flexibility index (Phi) is 5.19. The Bertz CT molecular complexity index is 434. The largest absolute Gasteiger partial charge is 0.453 e. The van der Waals surface area contributed by atoms with E-state index in [1.54, 1.807) is 6.08 Å². The summed E-state index contributed by atoms with van der Waals surface area (Å²) < 4.78 is 5.69. The van der Waals surface area contributed by atoms with Crippen molar-refractivity contribution in [2.75, 3.05) is 6.61 Å². The lowest BCUT2D eigenvalue weighted by molar-refractivity contribution is -0.137. The molecule has 0 spiro atoms. The fourth-order valence-corrected chi connectivity index (χ4v) is 1.24. The summed E-state index contributed by atoms with van der Waals surface area (Å²) in [7, 11) is 0. The van der Waals surface area contributed by atoms with Crippen LogP contribution in [0.1, 0.15) is 5.56 Å². The van der Waals surface area contributed by atoms with Crippen LogP contribution in [0.3, 0.4) is 0 Å². The number of rotatable bonds is 4. The van der Waals surface area contributed by atoms with Gasteiger partial charge in [0.2, 0.25) is 0 Å². The van der Waals surface area contributed by atoms with Crippen molar-refractivity contribution in [1.82, 2.24) is 0 Å². The lowest BCUT2D eigenvalue weighted by Crippen LogP contribution is -2.05. The SMILES string of the molecule is [N-]=[N+]=CC(=O)OCC=Cc1ccc(Br)cc1. The van der Waals surface area contributed by atoms with Crippen LogP contribution < -0.4 is 0 Å². The van der Waals surface area contributed by atoms with Crippen molar-refractivity contribution in [3.05, 3.63) is 45.9 Å². The smallest absolute Gasteiger partial charge is 0.413 e. The summed E-state index contributed by atoms with van der Waals surface area (Å²) in [6.07, 6.45) is 4.23. The van der Waals surface area contributed by atoms with Crippen molar-refractivity contribution in [1.29, 1.82) is 0 Å². The molecule has 0 aliphatic rings. The highest BCUT2D eigenvalue weighted by molar-refractivity contribution is 9.10. The molecule has 4 nitrogen and oxygen atoms in total. The zero-order valence-electron chi connectivity index (χ0n) is 8.34. The first-order valence-corrected chi connectivity index (χ1v) is 5.28. The van der Waals surface area contributed by atoms with E-state index >= 15 is 0 Å². The standard InChI is InChI=1S/C11H9BrN2O2/c12-10-5-3-9(4-6-10)2-1-7-16-11(15)8-14-13/h1-6,8H,7H2. The summed E-state index contributed by atoms with van der Waals surface area (Å²) in [6.45, 7) is 0.140. The van der Waals surface area contributed by atoms with E-state index < -0.39 is 5.97 Å². The van der Waals surface area contributed by atoms with Gasteiger partial charge in [-0.25, -0.2) is 4.79 Å². The van der Waals surface area contributed by atoms with Crippen LogP contribution in [-0.4, -0.2) is 23.6 Å². The van der Waals surface area contributed by atoms with Gasteiger partial charge in [-0.15, -0.1) is 0 Å². The maximum Gasteiger partial charge on any atom is 0.413 e. The van der Waals surface area contributed by atoms with Gasteiger partial charge in [-0.2, -0.15) is 4.79 Å². The quantitative estimate of drug-likeness (QED) is 0.368. The Morgan fingerprint density at radius 1 is 1.44 bits per heavy atom. The fourth-order valence-electron chi connectivity index (χ4n) is 0.973. The molecule has 0 saturated heterocycles. The topological polar surface area (TPSA) is 62.7 Å². The molecule has 82 valence electrons. The second-order valence-corrected chi connectivity index (χ2v) is 3.74. The Hall–Kier alpha value is -1.71. The second-order valence-electron chi connectivity index (χ2n) is 2.83. The van der Waals surface area contributed by atoms with E-state index in [1.807, 2.05) is 30.3 Å². The number of halogens is 1. The zero-order chi connectivity index (χ0) is 11.8. The molecule has 0 N–H and O–H groups in total. The Balaban J connectivity index is 2.40. The van der Waals surface area contributed by atoms with E-state index in [1.165, 1.54) is 0 Å². The summed E-state index contributed by atoms with van der Waals surface area (Å²) >= 11 is 3.33. The molecular weight excluding hydrogens is 272 g/mol. The van der Waals surface area contributed by atoms with Gasteiger partial charge in [0.15, 0.2) is 0 Å². The first kappa shape index (κ1) is 12.4.